The number of halogens is 1. The van der Waals surface area contributed by atoms with E-state index in [0.29, 0.717) is 26.1 Å². The molecule has 146 valence electrons. The lowest BCUT2D eigenvalue weighted by Gasteiger charge is -2.29. The number of methoxy groups -OCH3 is 1. The molecular formula is C21H26FNO4. The average molecular weight is 375 g/mol. The second-order valence-corrected chi connectivity index (χ2v) is 6.59. The summed E-state index contributed by atoms with van der Waals surface area (Å²) >= 11 is 0. The largest absolute Gasteiger partial charge is 0.497 e. The van der Waals surface area contributed by atoms with Gasteiger partial charge in [0.2, 0.25) is 0 Å². The summed E-state index contributed by atoms with van der Waals surface area (Å²) in [6.45, 7) is 1.22. The highest BCUT2D eigenvalue weighted by Gasteiger charge is 2.25. The van der Waals surface area contributed by atoms with Gasteiger partial charge < -0.3 is 24.6 Å². The summed E-state index contributed by atoms with van der Waals surface area (Å²) in [6.07, 6.45) is 1.20. The van der Waals surface area contributed by atoms with Gasteiger partial charge in [-0.2, -0.15) is 0 Å². The van der Waals surface area contributed by atoms with Gasteiger partial charge in [-0.1, -0.05) is 12.1 Å². The molecule has 0 spiro atoms. The lowest BCUT2D eigenvalue weighted by atomic mass is 9.89. The van der Waals surface area contributed by atoms with Crippen molar-refractivity contribution in [3.63, 3.8) is 0 Å². The predicted molar refractivity (Wildman–Crippen MR) is 101 cm³/mol. The Kier molecular flexibility index (Phi) is 7.04. The normalized spacial score (nSPS) is 16.9. The third-order valence-corrected chi connectivity index (χ3v) is 4.81. The predicted octanol–water partition coefficient (Wildman–Crippen LogP) is 3.75. The van der Waals surface area contributed by atoms with Crippen LogP contribution in [0.1, 0.15) is 24.4 Å². The molecule has 0 aromatic heterocycles. The van der Waals surface area contributed by atoms with Crippen LogP contribution in [0.2, 0.25) is 0 Å². The van der Waals surface area contributed by atoms with E-state index in [4.69, 9.17) is 14.2 Å². The molecule has 1 heterocycles. The molecule has 2 aromatic carbocycles. The van der Waals surface area contributed by atoms with Crippen molar-refractivity contribution in [1.29, 1.82) is 0 Å². The minimum Gasteiger partial charge on any atom is -0.497 e. The Morgan fingerprint density at radius 3 is 2.37 bits per heavy atom. The van der Waals surface area contributed by atoms with Gasteiger partial charge in [0.1, 0.15) is 11.6 Å². The molecule has 1 fully saturated rings. The van der Waals surface area contributed by atoms with Crippen molar-refractivity contribution >= 4 is 5.69 Å². The van der Waals surface area contributed by atoms with Crippen LogP contribution in [-0.4, -0.2) is 38.3 Å². The maximum absolute atomic E-state index is 13.4. The number of aliphatic hydroxyl groups excluding tert-OH is 1. The quantitative estimate of drug-likeness (QED) is 0.699. The molecule has 0 aliphatic carbocycles. The van der Waals surface area contributed by atoms with Crippen LogP contribution in [0.25, 0.3) is 0 Å². The van der Waals surface area contributed by atoms with Crippen molar-refractivity contribution in [1.82, 2.24) is 0 Å². The fourth-order valence-electron chi connectivity index (χ4n) is 3.30. The van der Waals surface area contributed by atoms with Crippen molar-refractivity contribution in [2.75, 3.05) is 32.2 Å². The molecule has 1 aliphatic rings. The molecular weight excluding hydrogens is 349 g/mol. The van der Waals surface area contributed by atoms with E-state index in [2.05, 4.69) is 5.32 Å². The number of aliphatic hydroxyl groups is 1. The van der Waals surface area contributed by atoms with Crippen LogP contribution in [-0.2, 0) is 9.47 Å². The van der Waals surface area contributed by atoms with Crippen molar-refractivity contribution < 1.29 is 23.7 Å². The Hall–Kier alpha value is -2.15. The van der Waals surface area contributed by atoms with Gasteiger partial charge in [-0.05, 0) is 54.8 Å². The van der Waals surface area contributed by atoms with E-state index < -0.39 is 0 Å². The fourth-order valence-corrected chi connectivity index (χ4v) is 3.30. The monoisotopic (exact) mass is 375 g/mol. The molecule has 0 amide bonds. The molecule has 0 radical (unpaired) electrons. The topological polar surface area (TPSA) is 60.0 Å². The lowest BCUT2D eigenvalue weighted by Crippen LogP contribution is -2.25. The van der Waals surface area contributed by atoms with Gasteiger partial charge in [-0.25, -0.2) is 4.39 Å². The first-order valence-electron chi connectivity index (χ1n) is 9.19. The second kappa shape index (κ2) is 9.69. The highest BCUT2D eigenvalue weighted by Crippen LogP contribution is 2.31. The first kappa shape index (κ1) is 19.6. The van der Waals surface area contributed by atoms with E-state index in [0.717, 1.165) is 17.0 Å². The van der Waals surface area contributed by atoms with Crippen LogP contribution in [0.3, 0.4) is 0 Å². The van der Waals surface area contributed by atoms with E-state index >= 15 is 0 Å². The van der Waals surface area contributed by atoms with Crippen LogP contribution in [0, 0.1) is 11.7 Å². The van der Waals surface area contributed by atoms with Crippen LogP contribution in [0.5, 0.6) is 5.75 Å². The summed E-state index contributed by atoms with van der Waals surface area (Å²) in [5.41, 5.74) is 1.82. The van der Waals surface area contributed by atoms with Gasteiger partial charge in [0.25, 0.3) is 0 Å². The Balaban J connectivity index is 1.77. The highest BCUT2D eigenvalue weighted by molar-refractivity contribution is 5.48. The summed E-state index contributed by atoms with van der Waals surface area (Å²) < 4.78 is 29.6. The Morgan fingerprint density at radius 2 is 1.78 bits per heavy atom. The molecule has 3 rings (SSSR count). The van der Waals surface area contributed by atoms with Crippen molar-refractivity contribution in [3.8, 4) is 5.75 Å². The van der Waals surface area contributed by atoms with Gasteiger partial charge in [-0.3, -0.25) is 0 Å². The van der Waals surface area contributed by atoms with Gasteiger partial charge >= 0.3 is 0 Å². The zero-order chi connectivity index (χ0) is 19.1. The molecule has 0 saturated carbocycles. The summed E-state index contributed by atoms with van der Waals surface area (Å²) in [4.78, 5) is 0. The highest BCUT2D eigenvalue weighted by atomic mass is 19.1. The third-order valence-electron chi connectivity index (χ3n) is 4.81. The number of anilines is 1. The van der Waals surface area contributed by atoms with E-state index in [1.54, 1.807) is 19.2 Å². The molecule has 2 N–H and O–H groups in total. The van der Waals surface area contributed by atoms with Crippen LogP contribution < -0.4 is 10.1 Å². The van der Waals surface area contributed by atoms with E-state index in [-0.39, 0.29) is 30.7 Å². The molecule has 5 nitrogen and oxygen atoms in total. The van der Waals surface area contributed by atoms with Crippen LogP contribution in [0.15, 0.2) is 48.5 Å². The second-order valence-electron chi connectivity index (χ2n) is 6.59. The molecule has 2 atom stereocenters. The van der Waals surface area contributed by atoms with Gasteiger partial charge in [0.05, 0.1) is 26.4 Å². The van der Waals surface area contributed by atoms with Crippen molar-refractivity contribution in [3.05, 3.63) is 59.9 Å². The minimum atomic E-state index is -0.282. The smallest absolute Gasteiger partial charge is 0.157 e. The van der Waals surface area contributed by atoms with Crippen LogP contribution >= 0.6 is 0 Å². The first-order valence-corrected chi connectivity index (χ1v) is 9.19. The van der Waals surface area contributed by atoms with Gasteiger partial charge in [0, 0.05) is 18.2 Å². The SMILES string of the molecule is COc1ccc(N[C@H](c2ccc(F)cc2)[C@@H](CO)CCC2OCCO2)cc1. The maximum atomic E-state index is 13.4. The molecule has 1 saturated heterocycles. The Morgan fingerprint density at radius 1 is 1.11 bits per heavy atom. The first-order chi connectivity index (χ1) is 13.2. The number of benzene rings is 2. The number of hydrogen-bond acceptors (Lipinski definition) is 5. The molecule has 0 unspecified atom stereocenters. The van der Waals surface area contributed by atoms with Crippen LogP contribution in [0.4, 0.5) is 10.1 Å². The van der Waals surface area contributed by atoms with E-state index in [1.165, 1.54) is 12.1 Å². The Bertz CT molecular complexity index is 686. The average Bonchev–Trinajstić information content (AvgIpc) is 3.22. The molecule has 2 aromatic rings. The fraction of sp³-hybridized carbons (Fsp3) is 0.429. The summed E-state index contributed by atoms with van der Waals surface area (Å²) in [5.74, 6) is 0.411. The zero-order valence-electron chi connectivity index (χ0n) is 15.4. The number of hydrogen-bond donors (Lipinski definition) is 2. The third kappa shape index (κ3) is 5.42. The van der Waals surface area contributed by atoms with Gasteiger partial charge in [-0.15, -0.1) is 0 Å². The van der Waals surface area contributed by atoms with Crippen molar-refractivity contribution in [2.45, 2.75) is 25.2 Å². The summed E-state index contributed by atoms with van der Waals surface area (Å²) in [5, 5.41) is 13.5. The molecule has 6 heteroatoms. The standard InChI is InChI=1S/C21H26FNO4/c1-25-19-9-7-18(8-10-19)23-21(15-2-5-17(22)6-3-15)16(14-24)4-11-20-26-12-13-27-20/h2-3,5-10,16,20-21,23-24H,4,11-14H2,1H3/t16-,21-/m1/s1. The maximum Gasteiger partial charge on any atom is 0.157 e. The molecule has 0 bridgehead atoms. The molecule has 1 aliphatic heterocycles. The minimum absolute atomic E-state index is 0.00207. The molecule has 27 heavy (non-hydrogen) atoms. The summed E-state index contributed by atoms with van der Waals surface area (Å²) in [6, 6.07) is 13.8. The lowest BCUT2D eigenvalue weighted by molar-refractivity contribution is -0.0517. The van der Waals surface area contributed by atoms with E-state index in [9.17, 15) is 9.50 Å². The van der Waals surface area contributed by atoms with Gasteiger partial charge in [0.15, 0.2) is 6.29 Å². The van der Waals surface area contributed by atoms with E-state index in [1.807, 2.05) is 24.3 Å². The summed E-state index contributed by atoms with van der Waals surface area (Å²) in [7, 11) is 1.62. The van der Waals surface area contributed by atoms with Crippen molar-refractivity contribution in [2.24, 2.45) is 5.92 Å². The Labute approximate surface area is 159 Å². The number of nitrogens with one attached hydrogen (secondary N) is 1. The number of ether oxygens (including phenoxy) is 3. The zero-order valence-corrected chi connectivity index (χ0v) is 15.4. The number of rotatable bonds is 9.